The van der Waals surface area contributed by atoms with E-state index in [1.54, 1.807) is 10.9 Å². The molecular formula is C15H16N6O. The molecule has 1 saturated heterocycles. The first-order valence-corrected chi connectivity index (χ1v) is 7.36. The van der Waals surface area contributed by atoms with Gasteiger partial charge in [0.2, 0.25) is 5.91 Å². The summed E-state index contributed by atoms with van der Waals surface area (Å²) in [5.74, 6) is 0.427. The highest BCUT2D eigenvalue weighted by Gasteiger charge is 2.28. The molecule has 1 atom stereocenters. The third-order valence-electron chi connectivity index (χ3n) is 4.21. The lowest BCUT2D eigenvalue weighted by Crippen LogP contribution is -2.32. The van der Waals surface area contributed by atoms with E-state index in [1.807, 2.05) is 35.2 Å². The summed E-state index contributed by atoms with van der Waals surface area (Å²) in [5.41, 5.74) is 2.80. The van der Waals surface area contributed by atoms with Crippen LogP contribution in [0.2, 0.25) is 0 Å². The first-order valence-electron chi connectivity index (χ1n) is 7.36. The van der Waals surface area contributed by atoms with Gasteiger partial charge in [-0.15, -0.1) is 5.10 Å². The van der Waals surface area contributed by atoms with Crippen molar-refractivity contribution in [3.05, 3.63) is 42.2 Å². The molecule has 1 aliphatic heterocycles. The van der Waals surface area contributed by atoms with E-state index in [9.17, 15) is 4.79 Å². The highest BCUT2D eigenvalue weighted by Crippen LogP contribution is 2.25. The van der Waals surface area contributed by atoms with Crippen LogP contribution in [-0.2, 0) is 11.3 Å². The lowest BCUT2D eigenvalue weighted by Gasteiger charge is -2.16. The van der Waals surface area contributed by atoms with Crippen molar-refractivity contribution in [2.75, 3.05) is 13.1 Å². The number of hydrogen-bond acceptors (Lipinski definition) is 4. The summed E-state index contributed by atoms with van der Waals surface area (Å²) in [4.78, 5) is 14.4. The van der Waals surface area contributed by atoms with Crippen LogP contribution < -0.4 is 0 Å². The Labute approximate surface area is 126 Å². The molecule has 0 radical (unpaired) electrons. The van der Waals surface area contributed by atoms with Gasteiger partial charge in [0.15, 0.2) is 0 Å². The van der Waals surface area contributed by atoms with E-state index >= 15 is 0 Å². The molecule has 1 amide bonds. The van der Waals surface area contributed by atoms with Crippen LogP contribution in [0.3, 0.4) is 0 Å². The molecule has 7 nitrogen and oxygen atoms in total. The van der Waals surface area contributed by atoms with Crippen molar-refractivity contribution in [1.29, 1.82) is 0 Å². The number of carbonyl (C=O) groups excluding carboxylic acids is 1. The fraction of sp³-hybridized carbons (Fsp3) is 0.333. The van der Waals surface area contributed by atoms with Gasteiger partial charge in [-0.05, 0) is 24.6 Å². The summed E-state index contributed by atoms with van der Waals surface area (Å²) in [7, 11) is 0. The molecule has 112 valence electrons. The first-order chi connectivity index (χ1) is 10.8. The normalized spacial score (nSPS) is 18.2. The van der Waals surface area contributed by atoms with Crippen LogP contribution in [0.1, 0.15) is 18.0 Å². The van der Waals surface area contributed by atoms with Crippen LogP contribution in [-0.4, -0.2) is 49.1 Å². The van der Waals surface area contributed by atoms with Gasteiger partial charge in [0.25, 0.3) is 0 Å². The zero-order valence-corrected chi connectivity index (χ0v) is 12.0. The molecule has 3 aromatic rings. The van der Waals surface area contributed by atoms with Gasteiger partial charge < -0.3 is 4.90 Å². The average molecular weight is 296 g/mol. The van der Waals surface area contributed by atoms with Crippen molar-refractivity contribution in [2.45, 2.75) is 18.9 Å². The number of nitrogens with zero attached hydrogens (tertiary/aromatic N) is 5. The second-order valence-corrected chi connectivity index (χ2v) is 5.57. The Bertz CT molecular complexity index is 793. The van der Waals surface area contributed by atoms with Crippen LogP contribution in [0.5, 0.6) is 0 Å². The fourth-order valence-electron chi connectivity index (χ4n) is 3.00. The number of rotatable bonds is 3. The van der Waals surface area contributed by atoms with E-state index in [4.69, 9.17) is 0 Å². The maximum absolute atomic E-state index is 12.5. The Morgan fingerprint density at radius 1 is 1.32 bits per heavy atom. The van der Waals surface area contributed by atoms with Gasteiger partial charge >= 0.3 is 0 Å². The van der Waals surface area contributed by atoms with E-state index in [1.165, 1.54) is 0 Å². The summed E-state index contributed by atoms with van der Waals surface area (Å²) in [5, 5.41) is 15.1. The molecule has 2 aromatic heterocycles. The second-order valence-electron chi connectivity index (χ2n) is 5.57. The molecule has 0 unspecified atom stereocenters. The summed E-state index contributed by atoms with van der Waals surface area (Å²) in [6, 6.07) is 9.65. The number of H-pyrrole nitrogens is 1. The Morgan fingerprint density at radius 3 is 3.09 bits per heavy atom. The van der Waals surface area contributed by atoms with Gasteiger partial charge in [0, 0.05) is 30.9 Å². The van der Waals surface area contributed by atoms with Gasteiger partial charge in [0.1, 0.15) is 12.1 Å². The first kappa shape index (κ1) is 13.0. The van der Waals surface area contributed by atoms with Crippen molar-refractivity contribution in [1.82, 2.24) is 30.1 Å². The summed E-state index contributed by atoms with van der Waals surface area (Å²) >= 11 is 0. The Kier molecular flexibility index (Phi) is 3.10. The van der Waals surface area contributed by atoms with Crippen molar-refractivity contribution in [3.63, 3.8) is 0 Å². The minimum atomic E-state index is 0.0812. The number of benzene rings is 1. The van der Waals surface area contributed by atoms with E-state index < -0.39 is 0 Å². The van der Waals surface area contributed by atoms with E-state index in [-0.39, 0.29) is 12.5 Å². The van der Waals surface area contributed by atoms with Crippen LogP contribution in [0.15, 0.2) is 36.5 Å². The van der Waals surface area contributed by atoms with Crippen LogP contribution >= 0.6 is 0 Å². The molecule has 0 spiro atoms. The van der Waals surface area contributed by atoms with Gasteiger partial charge in [-0.25, -0.2) is 4.68 Å². The van der Waals surface area contributed by atoms with Gasteiger partial charge in [-0.1, -0.05) is 17.3 Å². The minimum absolute atomic E-state index is 0.0812. The lowest BCUT2D eigenvalue weighted by atomic mass is 10.1. The van der Waals surface area contributed by atoms with Gasteiger partial charge in [-0.3, -0.25) is 9.89 Å². The molecule has 1 aliphatic rings. The molecule has 7 heteroatoms. The maximum atomic E-state index is 12.5. The van der Waals surface area contributed by atoms with Crippen molar-refractivity contribution in [3.8, 4) is 0 Å². The molecule has 4 rings (SSSR count). The second kappa shape index (κ2) is 5.25. The summed E-state index contributed by atoms with van der Waals surface area (Å²) in [6.07, 6.45) is 2.72. The predicted molar refractivity (Wildman–Crippen MR) is 80.1 cm³/mol. The third kappa shape index (κ3) is 2.24. The maximum Gasteiger partial charge on any atom is 0.244 e. The molecule has 0 saturated carbocycles. The molecular weight excluding hydrogens is 280 g/mol. The number of carbonyl (C=O) groups is 1. The molecule has 0 aliphatic carbocycles. The molecule has 1 aromatic carbocycles. The molecule has 0 bridgehead atoms. The van der Waals surface area contributed by atoms with Crippen molar-refractivity contribution in [2.24, 2.45) is 0 Å². The van der Waals surface area contributed by atoms with Crippen molar-refractivity contribution < 1.29 is 4.79 Å². The average Bonchev–Trinajstić information content (AvgIpc) is 3.28. The smallest absolute Gasteiger partial charge is 0.244 e. The predicted octanol–water partition coefficient (Wildman–Crippen LogP) is 1.17. The molecule has 1 fully saturated rings. The zero-order chi connectivity index (χ0) is 14.9. The largest absolute Gasteiger partial charge is 0.340 e. The Hall–Kier alpha value is -2.70. The Morgan fingerprint density at radius 2 is 2.23 bits per heavy atom. The monoisotopic (exact) mass is 296 g/mol. The highest BCUT2D eigenvalue weighted by atomic mass is 16.2. The number of aromatic amines is 1. The summed E-state index contributed by atoms with van der Waals surface area (Å²) in [6.45, 7) is 1.74. The third-order valence-corrected chi connectivity index (χ3v) is 4.21. The highest BCUT2D eigenvalue weighted by molar-refractivity contribution is 5.80. The van der Waals surface area contributed by atoms with Gasteiger partial charge in [-0.2, -0.15) is 5.10 Å². The van der Waals surface area contributed by atoms with Gasteiger partial charge in [0.05, 0.1) is 5.52 Å². The summed E-state index contributed by atoms with van der Waals surface area (Å²) < 4.78 is 1.67. The number of hydrogen-bond donors (Lipinski definition) is 1. The zero-order valence-electron chi connectivity index (χ0n) is 12.0. The van der Waals surface area contributed by atoms with Crippen LogP contribution in [0.4, 0.5) is 0 Å². The number of likely N-dealkylation sites (tertiary alicyclic amines) is 1. The standard InChI is InChI=1S/C15H16N6O/c22-15(10-21-14-4-2-1-3-13(14)18-19-21)20-8-6-11(9-20)12-5-7-16-17-12/h1-5,7,11H,6,8-10H2,(H,16,17)/t11-/m0/s1. The van der Waals surface area contributed by atoms with Crippen molar-refractivity contribution >= 4 is 16.9 Å². The SMILES string of the molecule is O=C(Cn1nnc2ccccc21)N1CC[C@H](c2ccn[nH]2)C1. The number of fused-ring (bicyclic) bond motifs is 1. The number of para-hydroxylation sites is 1. The fourth-order valence-corrected chi connectivity index (χ4v) is 3.00. The quantitative estimate of drug-likeness (QED) is 0.787. The number of nitrogens with one attached hydrogen (secondary N) is 1. The van der Waals surface area contributed by atoms with E-state index in [0.29, 0.717) is 5.92 Å². The van der Waals surface area contributed by atoms with Crippen LogP contribution in [0, 0.1) is 0 Å². The molecule has 22 heavy (non-hydrogen) atoms. The molecule has 1 N–H and O–H groups in total. The number of aromatic nitrogens is 5. The molecule has 3 heterocycles. The number of amides is 1. The minimum Gasteiger partial charge on any atom is -0.340 e. The van der Waals surface area contributed by atoms with Crippen LogP contribution in [0.25, 0.3) is 11.0 Å². The Balaban J connectivity index is 1.47. The topological polar surface area (TPSA) is 79.7 Å². The lowest BCUT2D eigenvalue weighted by molar-refractivity contribution is -0.130. The van der Waals surface area contributed by atoms with E-state index in [0.717, 1.165) is 36.2 Å². The van der Waals surface area contributed by atoms with E-state index in [2.05, 4.69) is 20.5 Å².